The molecule has 8 nitrogen and oxygen atoms in total. The topological polar surface area (TPSA) is 101 Å². The first-order chi connectivity index (χ1) is 13.6. The van der Waals surface area contributed by atoms with Crippen molar-refractivity contribution in [1.82, 2.24) is 20.5 Å². The second kappa shape index (κ2) is 9.31. The number of anilines is 3. The number of pyridine rings is 1. The lowest BCUT2D eigenvalue weighted by molar-refractivity contribution is 0.0955. The lowest BCUT2D eigenvalue weighted by atomic mass is 10.2. The van der Waals surface area contributed by atoms with Gasteiger partial charge >= 0.3 is 0 Å². The number of hydrogen-bond acceptors (Lipinski definition) is 7. The van der Waals surface area contributed by atoms with Crippen LogP contribution in [0.25, 0.3) is 0 Å². The minimum absolute atomic E-state index is 0.156. The maximum Gasteiger partial charge on any atom is 0.251 e. The number of nitrogens with one attached hydrogen (secondary N) is 3. The molecule has 2 heterocycles. The summed E-state index contributed by atoms with van der Waals surface area (Å²) in [5.74, 6) is 2.43. The molecule has 0 aliphatic rings. The van der Waals surface area contributed by atoms with E-state index in [1.54, 1.807) is 37.6 Å². The Morgan fingerprint density at radius 1 is 1.00 bits per heavy atom. The SMILES string of the molecule is COc1cccc(C(=O)NCCNc2ccc(Nc3ccc(C)cn3)nn2)c1. The zero-order valence-corrected chi connectivity index (χ0v) is 15.8. The molecule has 0 bridgehead atoms. The quantitative estimate of drug-likeness (QED) is 0.518. The summed E-state index contributed by atoms with van der Waals surface area (Å²) in [4.78, 5) is 16.4. The number of nitrogens with zero attached hydrogens (tertiary/aromatic N) is 3. The molecular weight excluding hydrogens is 356 g/mol. The normalized spacial score (nSPS) is 10.2. The molecule has 0 saturated heterocycles. The third-order valence-electron chi connectivity index (χ3n) is 3.88. The van der Waals surface area contributed by atoms with Crippen molar-refractivity contribution in [3.63, 3.8) is 0 Å². The standard InChI is InChI=1S/C20H22N6O2/c1-14-6-7-17(23-13-14)24-19-9-8-18(25-26-19)21-10-11-22-20(27)15-4-3-5-16(12-15)28-2/h3-9,12-13H,10-11H2,1-2H3,(H,21,25)(H,22,27)(H,23,24,26). The van der Waals surface area contributed by atoms with Crippen LogP contribution in [0, 0.1) is 6.92 Å². The highest BCUT2D eigenvalue weighted by Gasteiger charge is 2.06. The van der Waals surface area contributed by atoms with Crippen molar-refractivity contribution >= 4 is 23.4 Å². The molecule has 3 aromatic rings. The van der Waals surface area contributed by atoms with Crippen LogP contribution in [0.5, 0.6) is 5.75 Å². The Bertz CT molecular complexity index is 913. The first kappa shape index (κ1) is 19.1. The van der Waals surface area contributed by atoms with Crippen LogP contribution in [0.3, 0.4) is 0 Å². The Balaban J connectivity index is 1.43. The van der Waals surface area contributed by atoms with Gasteiger partial charge in [0.15, 0.2) is 5.82 Å². The van der Waals surface area contributed by atoms with Gasteiger partial charge in [-0.2, -0.15) is 0 Å². The molecule has 3 rings (SSSR count). The van der Waals surface area contributed by atoms with Crippen LogP contribution in [0.1, 0.15) is 15.9 Å². The van der Waals surface area contributed by atoms with Crippen molar-refractivity contribution in [2.75, 3.05) is 30.8 Å². The number of methoxy groups -OCH3 is 1. The number of rotatable bonds is 8. The van der Waals surface area contributed by atoms with Crippen molar-refractivity contribution in [1.29, 1.82) is 0 Å². The lowest BCUT2D eigenvalue weighted by Crippen LogP contribution is -2.28. The van der Waals surface area contributed by atoms with Crippen LogP contribution in [-0.2, 0) is 0 Å². The predicted octanol–water partition coefficient (Wildman–Crippen LogP) is 2.77. The highest BCUT2D eigenvalue weighted by atomic mass is 16.5. The number of ether oxygens (including phenoxy) is 1. The van der Waals surface area contributed by atoms with Gasteiger partial charge in [-0.05, 0) is 48.9 Å². The molecule has 3 N–H and O–H groups in total. The second-order valence-corrected chi connectivity index (χ2v) is 6.06. The van der Waals surface area contributed by atoms with Crippen molar-refractivity contribution < 1.29 is 9.53 Å². The lowest BCUT2D eigenvalue weighted by Gasteiger charge is -2.09. The van der Waals surface area contributed by atoms with Crippen molar-refractivity contribution in [3.05, 3.63) is 65.9 Å². The first-order valence-corrected chi connectivity index (χ1v) is 8.83. The summed E-state index contributed by atoms with van der Waals surface area (Å²) >= 11 is 0. The van der Waals surface area contributed by atoms with E-state index in [1.807, 2.05) is 31.2 Å². The fourth-order valence-electron chi connectivity index (χ4n) is 2.40. The van der Waals surface area contributed by atoms with Crippen LogP contribution in [0.2, 0.25) is 0 Å². The van der Waals surface area contributed by atoms with Gasteiger partial charge in [0.05, 0.1) is 7.11 Å². The Morgan fingerprint density at radius 2 is 1.79 bits per heavy atom. The zero-order chi connectivity index (χ0) is 19.8. The van der Waals surface area contributed by atoms with Crippen LogP contribution in [-0.4, -0.2) is 41.3 Å². The molecule has 28 heavy (non-hydrogen) atoms. The van der Waals surface area contributed by atoms with Gasteiger partial charge in [0.25, 0.3) is 5.91 Å². The number of aryl methyl sites for hydroxylation is 1. The molecule has 8 heteroatoms. The van der Waals surface area contributed by atoms with Gasteiger partial charge < -0.3 is 20.7 Å². The third kappa shape index (κ3) is 5.41. The maximum absolute atomic E-state index is 12.1. The minimum Gasteiger partial charge on any atom is -0.497 e. The second-order valence-electron chi connectivity index (χ2n) is 6.06. The van der Waals surface area contributed by atoms with Gasteiger partial charge in [0.2, 0.25) is 0 Å². The molecule has 2 aromatic heterocycles. The van der Waals surface area contributed by atoms with E-state index in [4.69, 9.17) is 4.74 Å². The van der Waals surface area contributed by atoms with Crippen LogP contribution < -0.4 is 20.7 Å². The number of benzene rings is 1. The van der Waals surface area contributed by atoms with Gasteiger partial charge in [0, 0.05) is 24.8 Å². The molecule has 1 amide bonds. The zero-order valence-electron chi connectivity index (χ0n) is 15.8. The smallest absolute Gasteiger partial charge is 0.251 e. The summed E-state index contributed by atoms with van der Waals surface area (Å²) in [7, 11) is 1.57. The van der Waals surface area contributed by atoms with Crippen molar-refractivity contribution in [2.24, 2.45) is 0 Å². The predicted molar refractivity (Wildman–Crippen MR) is 108 cm³/mol. The van der Waals surface area contributed by atoms with E-state index in [9.17, 15) is 4.79 Å². The number of hydrogen-bond donors (Lipinski definition) is 3. The monoisotopic (exact) mass is 378 g/mol. The molecule has 0 spiro atoms. The summed E-state index contributed by atoms with van der Waals surface area (Å²) in [5.41, 5.74) is 1.65. The Morgan fingerprint density at radius 3 is 2.50 bits per heavy atom. The number of carbonyl (C=O) groups is 1. The molecule has 1 aromatic carbocycles. The molecule has 0 fully saturated rings. The van der Waals surface area contributed by atoms with E-state index in [0.717, 1.165) is 5.56 Å². The van der Waals surface area contributed by atoms with Crippen molar-refractivity contribution in [3.8, 4) is 5.75 Å². The average Bonchev–Trinajstić information content (AvgIpc) is 2.74. The minimum atomic E-state index is -0.156. The van der Waals surface area contributed by atoms with E-state index >= 15 is 0 Å². The molecule has 0 atom stereocenters. The van der Waals surface area contributed by atoms with Crippen LogP contribution in [0.4, 0.5) is 17.5 Å². The summed E-state index contributed by atoms with van der Waals surface area (Å²) in [6.45, 7) is 2.96. The number of amides is 1. The fraction of sp³-hybridized carbons (Fsp3) is 0.200. The van der Waals surface area contributed by atoms with Crippen LogP contribution >= 0.6 is 0 Å². The van der Waals surface area contributed by atoms with Gasteiger partial charge in [-0.15, -0.1) is 10.2 Å². The van der Waals surface area contributed by atoms with Gasteiger partial charge in [-0.25, -0.2) is 4.98 Å². The molecule has 0 radical (unpaired) electrons. The summed E-state index contributed by atoms with van der Waals surface area (Å²) in [6.07, 6.45) is 1.78. The Kier molecular flexibility index (Phi) is 6.35. The van der Waals surface area contributed by atoms with E-state index in [0.29, 0.717) is 41.9 Å². The third-order valence-corrected chi connectivity index (χ3v) is 3.88. The summed E-state index contributed by atoms with van der Waals surface area (Å²) in [6, 6.07) is 14.5. The summed E-state index contributed by atoms with van der Waals surface area (Å²) in [5, 5.41) is 17.3. The Hall–Kier alpha value is -3.68. The van der Waals surface area contributed by atoms with Crippen LogP contribution in [0.15, 0.2) is 54.7 Å². The highest BCUT2D eigenvalue weighted by Crippen LogP contribution is 2.13. The average molecular weight is 378 g/mol. The van der Waals surface area contributed by atoms with Gasteiger partial charge in [-0.1, -0.05) is 12.1 Å². The van der Waals surface area contributed by atoms with E-state index in [1.165, 1.54) is 0 Å². The molecular formula is C20H22N6O2. The molecule has 0 aliphatic heterocycles. The molecule has 0 aliphatic carbocycles. The number of carbonyl (C=O) groups excluding carboxylic acids is 1. The van der Waals surface area contributed by atoms with E-state index in [2.05, 4.69) is 31.1 Å². The molecule has 144 valence electrons. The fourth-order valence-corrected chi connectivity index (χ4v) is 2.40. The van der Waals surface area contributed by atoms with E-state index in [-0.39, 0.29) is 5.91 Å². The first-order valence-electron chi connectivity index (χ1n) is 8.83. The Labute approximate surface area is 163 Å². The van der Waals surface area contributed by atoms with Crippen molar-refractivity contribution in [2.45, 2.75) is 6.92 Å². The summed E-state index contributed by atoms with van der Waals surface area (Å²) < 4.78 is 5.12. The molecule has 0 unspecified atom stereocenters. The van der Waals surface area contributed by atoms with Gasteiger partial charge in [0.1, 0.15) is 17.4 Å². The largest absolute Gasteiger partial charge is 0.497 e. The highest BCUT2D eigenvalue weighted by molar-refractivity contribution is 5.94. The van der Waals surface area contributed by atoms with Gasteiger partial charge in [-0.3, -0.25) is 4.79 Å². The molecule has 0 saturated carbocycles. The maximum atomic E-state index is 12.1. The number of aromatic nitrogens is 3. The van der Waals surface area contributed by atoms with E-state index < -0.39 is 0 Å².